The molecule has 0 bridgehead atoms. The Balaban J connectivity index is 1.64. The first kappa shape index (κ1) is 17.3. The van der Waals surface area contributed by atoms with Gasteiger partial charge in [-0.25, -0.2) is 4.98 Å². The second-order valence-electron chi connectivity index (χ2n) is 6.11. The van der Waals surface area contributed by atoms with Crippen LogP contribution < -0.4 is 5.32 Å². The molecule has 130 valence electrons. The molecule has 2 amide bonds. The number of carbonyl (C=O) groups excluding carboxylic acids is 3. The number of likely N-dealkylation sites (tertiary alicyclic amines) is 1. The summed E-state index contributed by atoms with van der Waals surface area (Å²) in [6, 6.07) is 6.93. The molecule has 1 fully saturated rings. The third-order valence-electron chi connectivity index (χ3n) is 4.25. The average Bonchev–Trinajstić information content (AvgIpc) is 3.14. The molecule has 0 aliphatic carbocycles. The molecular formula is C18H19N3O3S. The first-order valence-corrected chi connectivity index (χ1v) is 9.03. The van der Waals surface area contributed by atoms with Gasteiger partial charge < -0.3 is 10.2 Å². The van der Waals surface area contributed by atoms with Crippen LogP contribution in [0.1, 0.15) is 28.8 Å². The zero-order chi connectivity index (χ0) is 17.8. The van der Waals surface area contributed by atoms with E-state index in [1.165, 1.54) is 16.2 Å². The van der Waals surface area contributed by atoms with Crippen molar-refractivity contribution in [2.75, 3.05) is 18.4 Å². The van der Waals surface area contributed by atoms with Crippen LogP contribution in [0.25, 0.3) is 0 Å². The molecule has 0 radical (unpaired) electrons. The molecule has 2 aromatic rings. The molecule has 7 heteroatoms. The van der Waals surface area contributed by atoms with Crippen molar-refractivity contribution in [2.45, 2.75) is 19.8 Å². The Labute approximate surface area is 149 Å². The van der Waals surface area contributed by atoms with Gasteiger partial charge in [-0.05, 0) is 19.8 Å². The fourth-order valence-corrected chi connectivity index (χ4v) is 3.37. The molecular weight excluding hydrogens is 338 g/mol. The Bertz CT molecular complexity index is 771. The molecule has 3 rings (SSSR count). The Hall–Kier alpha value is -2.54. The number of ketones is 1. The Kier molecular flexibility index (Phi) is 5.23. The number of anilines is 1. The molecule has 1 N–H and O–H groups in total. The molecule has 1 aromatic heterocycles. The van der Waals surface area contributed by atoms with E-state index in [1.54, 1.807) is 35.8 Å². The van der Waals surface area contributed by atoms with Crippen molar-refractivity contribution in [1.29, 1.82) is 0 Å². The number of amides is 2. The van der Waals surface area contributed by atoms with Gasteiger partial charge in [0.2, 0.25) is 11.7 Å². The lowest BCUT2D eigenvalue weighted by atomic mass is 9.96. The van der Waals surface area contributed by atoms with Crippen molar-refractivity contribution >= 4 is 34.1 Å². The fourth-order valence-electron chi connectivity index (χ4n) is 2.84. The van der Waals surface area contributed by atoms with E-state index in [2.05, 4.69) is 10.3 Å². The Morgan fingerprint density at radius 3 is 2.68 bits per heavy atom. The number of thiazole rings is 1. The minimum atomic E-state index is -0.546. The second-order valence-corrected chi connectivity index (χ2v) is 7.01. The minimum Gasteiger partial charge on any atom is -0.335 e. The topological polar surface area (TPSA) is 79.4 Å². The maximum Gasteiger partial charge on any atom is 0.294 e. The van der Waals surface area contributed by atoms with Gasteiger partial charge in [0.15, 0.2) is 5.13 Å². The summed E-state index contributed by atoms with van der Waals surface area (Å²) in [6.45, 7) is 2.68. The number of piperidine rings is 1. The number of nitrogens with zero attached hydrogens (tertiary/aromatic N) is 2. The van der Waals surface area contributed by atoms with Gasteiger partial charge in [0.05, 0.1) is 5.92 Å². The molecule has 1 aliphatic heterocycles. The van der Waals surface area contributed by atoms with E-state index < -0.39 is 11.7 Å². The summed E-state index contributed by atoms with van der Waals surface area (Å²) < 4.78 is 0. The van der Waals surface area contributed by atoms with Crippen LogP contribution in [0.5, 0.6) is 0 Å². The molecule has 6 nitrogen and oxygen atoms in total. The van der Waals surface area contributed by atoms with Gasteiger partial charge in [-0.2, -0.15) is 0 Å². The van der Waals surface area contributed by atoms with Crippen molar-refractivity contribution in [3.63, 3.8) is 0 Å². The lowest BCUT2D eigenvalue weighted by molar-refractivity contribution is -0.130. The average molecular weight is 357 g/mol. The quantitative estimate of drug-likeness (QED) is 0.673. The predicted octanol–water partition coefficient (Wildman–Crippen LogP) is 2.51. The van der Waals surface area contributed by atoms with Crippen molar-refractivity contribution < 1.29 is 14.4 Å². The zero-order valence-electron chi connectivity index (χ0n) is 13.9. The number of rotatable bonds is 4. The van der Waals surface area contributed by atoms with Gasteiger partial charge in [-0.15, -0.1) is 11.3 Å². The number of aromatic nitrogens is 1. The molecule has 1 aromatic carbocycles. The summed E-state index contributed by atoms with van der Waals surface area (Å²) in [6.07, 6.45) is 3.01. The Morgan fingerprint density at radius 1 is 1.24 bits per heavy atom. The van der Waals surface area contributed by atoms with Crippen molar-refractivity contribution in [3.8, 4) is 0 Å². The minimum absolute atomic E-state index is 0.157. The maximum atomic E-state index is 12.5. The highest BCUT2D eigenvalue weighted by Gasteiger charge is 2.31. The van der Waals surface area contributed by atoms with Gasteiger partial charge in [0.1, 0.15) is 0 Å². The molecule has 2 heterocycles. The molecule has 25 heavy (non-hydrogen) atoms. The number of hydrogen-bond donors (Lipinski definition) is 1. The third kappa shape index (κ3) is 4.11. The van der Waals surface area contributed by atoms with Crippen LogP contribution in [0.15, 0.2) is 35.8 Å². The normalized spacial score (nSPS) is 17.2. The lowest BCUT2D eigenvalue weighted by Crippen LogP contribution is -2.46. The molecule has 0 unspecified atom stereocenters. The molecule has 1 saturated heterocycles. The summed E-state index contributed by atoms with van der Waals surface area (Å²) >= 11 is 1.35. The molecule has 0 spiro atoms. The first-order valence-electron chi connectivity index (χ1n) is 8.15. The third-order valence-corrected chi connectivity index (χ3v) is 4.94. The van der Waals surface area contributed by atoms with E-state index in [0.29, 0.717) is 30.1 Å². The number of carbonyl (C=O) groups is 3. The smallest absolute Gasteiger partial charge is 0.294 e. The van der Waals surface area contributed by atoms with Crippen molar-refractivity contribution in [1.82, 2.24) is 9.88 Å². The van der Waals surface area contributed by atoms with E-state index >= 15 is 0 Å². The van der Waals surface area contributed by atoms with E-state index in [-0.39, 0.29) is 18.4 Å². The number of nitrogens with one attached hydrogen (secondary N) is 1. The summed E-state index contributed by atoms with van der Waals surface area (Å²) in [5, 5.41) is 5.09. The van der Waals surface area contributed by atoms with Gasteiger partial charge in [-0.1, -0.05) is 29.8 Å². The monoisotopic (exact) mass is 357 g/mol. The predicted molar refractivity (Wildman–Crippen MR) is 95.6 cm³/mol. The number of hydrogen-bond acceptors (Lipinski definition) is 5. The molecule has 1 aliphatic rings. The van der Waals surface area contributed by atoms with Gasteiger partial charge in [-0.3, -0.25) is 14.4 Å². The number of benzene rings is 1. The SMILES string of the molecule is Cc1ccc(C(=O)C(=O)N2CCC[C@@H](C(=O)Nc3nccs3)C2)cc1. The van der Waals surface area contributed by atoms with Crippen molar-refractivity contribution in [2.24, 2.45) is 5.92 Å². The van der Waals surface area contributed by atoms with E-state index in [0.717, 1.165) is 5.56 Å². The van der Waals surface area contributed by atoms with Crippen LogP contribution in [0.4, 0.5) is 5.13 Å². The summed E-state index contributed by atoms with van der Waals surface area (Å²) in [5.41, 5.74) is 1.41. The van der Waals surface area contributed by atoms with Crippen LogP contribution in [0, 0.1) is 12.8 Å². The number of aryl methyl sites for hydroxylation is 1. The summed E-state index contributed by atoms with van der Waals surface area (Å²) in [4.78, 5) is 42.8. The Morgan fingerprint density at radius 2 is 2.00 bits per heavy atom. The first-order chi connectivity index (χ1) is 12.0. The lowest BCUT2D eigenvalue weighted by Gasteiger charge is -2.31. The van der Waals surface area contributed by atoms with Crippen LogP contribution in [0.2, 0.25) is 0 Å². The second kappa shape index (κ2) is 7.57. The highest BCUT2D eigenvalue weighted by Crippen LogP contribution is 2.20. The summed E-state index contributed by atoms with van der Waals surface area (Å²) in [7, 11) is 0. The van der Waals surface area contributed by atoms with Crippen LogP contribution in [-0.2, 0) is 9.59 Å². The standard InChI is InChI=1S/C18H19N3O3S/c1-12-4-6-13(7-5-12)15(22)17(24)21-9-2-3-14(11-21)16(23)20-18-19-8-10-25-18/h4-8,10,14H,2-3,9,11H2,1H3,(H,19,20,23)/t14-/m1/s1. The highest BCUT2D eigenvalue weighted by atomic mass is 32.1. The van der Waals surface area contributed by atoms with E-state index in [1.807, 2.05) is 6.92 Å². The van der Waals surface area contributed by atoms with Crippen LogP contribution >= 0.6 is 11.3 Å². The van der Waals surface area contributed by atoms with Crippen molar-refractivity contribution in [3.05, 3.63) is 47.0 Å². The van der Waals surface area contributed by atoms with Gasteiger partial charge in [0, 0.05) is 30.2 Å². The van der Waals surface area contributed by atoms with Crippen LogP contribution in [-0.4, -0.2) is 40.6 Å². The zero-order valence-corrected chi connectivity index (χ0v) is 14.7. The maximum absolute atomic E-state index is 12.5. The molecule has 0 saturated carbocycles. The molecule has 1 atom stereocenters. The van der Waals surface area contributed by atoms with Crippen LogP contribution in [0.3, 0.4) is 0 Å². The largest absolute Gasteiger partial charge is 0.335 e. The van der Waals surface area contributed by atoms with E-state index in [4.69, 9.17) is 0 Å². The fraction of sp³-hybridized carbons (Fsp3) is 0.333. The number of Topliss-reactive ketones (excluding diaryl/α,β-unsaturated/α-hetero) is 1. The van der Waals surface area contributed by atoms with Gasteiger partial charge >= 0.3 is 0 Å². The summed E-state index contributed by atoms with van der Waals surface area (Å²) in [5.74, 6) is -1.56. The highest BCUT2D eigenvalue weighted by molar-refractivity contribution is 7.13. The van der Waals surface area contributed by atoms with E-state index in [9.17, 15) is 14.4 Å². The van der Waals surface area contributed by atoms with Gasteiger partial charge in [0.25, 0.3) is 5.91 Å².